The standard InChI is InChI=1S/C39H53N5O6/c1-4-5-21-32(36(40)46)41-37(47)34(24-28(2)3)42-38(48)44(23-22-29-15-9-6-10-16-29)26-35(45)33(25-30-17-11-7-12-18-30)43-39(49)50-27-31-19-13-8-14-20-31/h6-20,28,32-35,45H,4-5,21-27H2,1-3H3,(H2,40,46)(H,41,47)(H,42,48)(H,43,49)/t32-,33-,34-,35+/m0/s1. The van der Waals surface area contributed by atoms with Gasteiger partial charge >= 0.3 is 12.1 Å². The third kappa shape index (κ3) is 14.3. The molecule has 0 aliphatic heterocycles. The number of hydrogen-bond donors (Lipinski definition) is 5. The molecule has 0 saturated heterocycles. The van der Waals surface area contributed by atoms with Crippen LogP contribution in [0.4, 0.5) is 9.59 Å². The molecule has 11 nitrogen and oxygen atoms in total. The molecule has 0 spiro atoms. The number of amides is 5. The maximum atomic E-state index is 14.0. The first-order valence-electron chi connectivity index (χ1n) is 17.4. The summed E-state index contributed by atoms with van der Waals surface area (Å²) in [5.74, 6) is -1.09. The lowest BCUT2D eigenvalue weighted by Gasteiger charge is -2.32. The lowest BCUT2D eigenvalue weighted by Crippen LogP contribution is -2.57. The molecule has 0 aliphatic rings. The summed E-state index contributed by atoms with van der Waals surface area (Å²) in [6.07, 6.45) is 1.12. The van der Waals surface area contributed by atoms with E-state index in [1.54, 1.807) is 0 Å². The number of benzene rings is 3. The van der Waals surface area contributed by atoms with Crippen molar-refractivity contribution < 1.29 is 29.0 Å². The van der Waals surface area contributed by atoms with Crippen molar-refractivity contribution in [2.45, 2.75) is 90.1 Å². The molecule has 270 valence electrons. The zero-order valence-electron chi connectivity index (χ0n) is 29.4. The first-order chi connectivity index (χ1) is 24.0. The number of alkyl carbamates (subject to hydrolysis) is 1. The molecular formula is C39H53N5O6. The summed E-state index contributed by atoms with van der Waals surface area (Å²) < 4.78 is 5.46. The highest BCUT2D eigenvalue weighted by Gasteiger charge is 2.30. The molecule has 0 heterocycles. The van der Waals surface area contributed by atoms with Gasteiger partial charge in [0, 0.05) is 6.54 Å². The maximum Gasteiger partial charge on any atom is 0.407 e. The fourth-order valence-electron chi connectivity index (χ4n) is 5.51. The summed E-state index contributed by atoms with van der Waals surface area (Å²) in [5, 5.41) is 20.1. The molecule has 3 aromatic carbocycles. The topological polar surface area (TPSA) is 163 Å². The van der Waals surface area contributed by atoms with Crippen molar-refractivity contribution in [3.63, 3.8) is 0 Å². The smallest absolute Gasteiger partial charge is 0.407 e. The Morgan fingerprint density at radius 3 is 1.94 bits per heavy atom. The van der Waals surface area contributed by atoms with E-state index < -0.39 is 48.2 Å². The van der Waals surface area contributed by atoms with Gasteiger partial charge in [-0.25, -0.2) is 9.59 Å². The molecular weight excluding hydrogens is 634 g/mol. The Morgan fingerprint density at radius 1 is 0.800 bits per heavy atom. The Labute approximate surface area is 296 Å². The first-order valence-corrected chi connectivity index (χ1v) is 17.4. The van der Waals surface area contributed by atoms with E-state index in [1.807, 2.05) is 112 Å². The zero-order valence-corrected chi connectivity index (χ0v) is 29.4. The molecule has 11 heteroatoms. The van der Waals surface area contributed by atoms with Gasteiger partial charge < -0.3 is 36.4 Å². The minimum atomic E-state index is -1.20. The molecule has 0 radical (unpaired) electrons. The Balaban J connectivity index is 1.81. The number of primary amides is 1. The van der Waals surface area contributed by atoms with Gasteiger partial charge in [-0.3, -0.25) is 9.59 Å². The molecule has 3 aromatic rings. The highest BCUT2D eigenvalue weighted by Crippen LogP contribution is 2.13. The van der Waals surface area contributed by atoms with E-state index in [2.05, 4.69) is 16.0 Å². The summed E-state index contributed by atoms with van der Waals surface area (Å²) >= 11 is 0. The van der Waals surface area contributed by atoms with Gasteiger partial charge in [-0.05, 0) is 48.3 Å². The number of unbranched alkanes of at least 4 members (excludes halogenated alkanes) is 1. The van der Waals surface area contributed by atoms with Crippen LogP contribution >= 0.6 is 0 Å². The van der Waals surface area contributed by atoms with Crippen LogP contribution in [0.15, 0.2) is 91.0 Å². The molecule has 0 bridgehead atoms. The molecule has 0 unspecified atom stereocenters. The van der Waals surface area contributed by atoms with E-state index in [9.17, 15) is 24.3 Å². The number of carbonyl (C=O) groups excluding carboxylic acids is 4. The maximum absolute atomic E-state index is 14.0. The van der Waals surface area contributed by atoms with E-state index in [1.165, 1.54) is 4.90 Å². The number of aliphatic hydroxyl groups excluding tert-OH is 1. The third-order valence-corrected chi connectivity index (χ3v) is 8.31. The Hall–Kier alpha value is -4.90. The molecule has 0 aliphatic carbocycles. The highest BCUT2D eigenvalue weighted by molar-refractivity contribution is 5.91. The van der Waals surface area contributed by atoms with E-state index in [0.29, 0.717) is 25.7 Å². The van der Waals surface area contributed by atoms with Crippen LogP contribution < -0.4 is 21.7 Å². The van der Waals surface area contributed by atoms with Crippen LogP contribution in [0.25, 0.3) is 0 Å². The van der Waals surface area contributed by atoms with E-state index in [-0.39, 0.29) is 32.0 Å². The number of rotatable bonds is 20. The Kier molecular flexibility index (Phi) is 16.8. The highest BCUT2D eigenvalue weighted by atomic mass is 16.5. The summed E-state index contributed by atoms with van der Waals surface area (Å²) in [7, 11) is 0. The second kappa shape index (κ2) is 21.2. The molecule has 5 amide bonds. The second-order valence-corrected chi connectivity index (χ2v) is 13.0. The van der Waals surface area contributed by atoms with Crippen LogP contribution in [-0.2, 0) is 33.8 Å². The fraction of sp³-hybridized carbons (Fsp3) is 0.436. The van der Waals surface area contributed by atoms with Gasteiger partial charge in [0.2, 0.25) is 11.8 Å². The summed E-state index contributed by atoms with van der Waals surface area (Å²) in [6.45, 7) is 5.98. The van der Waals surface area contributed by atoms with E-state index in [0.717, 1.165) is 23.1 Å². The van der Waals surface area contributed by atoms with Crippen LogP contribution in [0.3, 0.4) is 0 Å². The van der Waals surface area contributed by atoms with E-state index in [4.69, 9.17) is 10.5 Å². The van der Waals surface area contributed by atoms with Crippen LogP contribution in [0.1, 0.15) is 63.1 Å². The Bertz CT molecular complexity index is 1460. The van der Waals surface area contributed by atoms with Gasteiger partial charge in [-0.15, -0.1) is 0 Å². The summed E-state index contributed by atoms with van der Waals surface area (Å²) in [5.41, 5.74) is 8.26. The summed E-state index contributed by atoms with van der Waals surface area (Å²) in [6, 6.07) is 25.1. The van der Waals surface area contributed by atoms with Crippen molar-refractivity contribution in [1.29, 1.82) is 0 Å². The molecule has 0 saturated carbocycles. The predicted molar refractivity (Wildman–Crippen MR) is 194 cm³/mol. The predicted octanol–water partition coefficient (Wildman–Crippen LogP) is 4.71. The van der Waals surface area contributed by atoms with Crippen molar-refractivity contribution >= 4 is 23.9 Å². The lowest BCUT2D eigenvalue weighted by atomic mass is 10.0. The fourth-order valence-corrected chi connectivity index (χ4v) is 5.51. The number of aliphatic hydroxyl groups is 1. The molecule has 3 rings (SSSR count). The molecule has 50 heavy (non-hydrogen) atoms. The molecule has 0 aromatic heterocycles. The van der Waals surface area contributed by atoms with Gasteiger partial charge in [0.05, 0.1) is 18.7 Å². The van der Waals surface area contributed by atoms with Crippen LogP contribution in [0.5, 0.6) is 0 Å². The average molecular weight is 688 g/mol. The van der Waals surface area contributed by atoms with Gasteiger partial charge in [-0.1, -0.05) is 125 Å². The van der Waals surface area contributed by atoms with Crippen molar-refractivity contribution in [2.24, 2.45) is 11.7 Å². The normalized spacial score (nSPS) is 13.4. The number of nitrogens with two attached hydrogens (primary N) is 1. The largest absolute Gasteiger partial charge is 0.445 e. The zero-order chi connectivity index (χ0) is 36.3. The number of urea groups is 1. The third-order valence-electron chi connectivity index (χ3n) is 8.31. The monoisotopic (exact) mass is 687 g/mol. The average Bonchev–Trinajstić information content (AvgIpc) is 3.11. The van der Waals surface area contributed by atoms with Crippen LogP contribution in [-0.4, -0.2) is 71.3 Å². The minimum absolute atomic E-state index is 0.0402. The quantitative estimate of drug-likeness (QED) is 0.116. The van der Waals surface area contributed by atoms with Gasteiger partial charge in [-0.2, -0.15) is 0 Å². The number of hydrogen-bond acceptors (Lipinski definition) is 6. The number of carbonyl (C=O) groups is 4. The van der Waals surface area contributed by atoms with Crippen molar-refractivity contribution in [3.05, 3.63) is 108 Å². The van der Waals surface area contributed by atoms with Crippen LogP contribution in [0.2, 0.25) is 0 Å². The number of nitrogens with one attached hydrogen (secondary N) is 3. The van der Waals surface area contributed by atoms with Gasteiger partial charge in [0.15, 0.2) is 0 Å². The summed E-state index contributed by atoms with van der Waals surface area (Å²) in [4.78, 5) is 53.9. The molecule has 0 fully saturated rings. The van der Waals surface area contributed by atoms with Gasteiger partial charge in [0.1, 0.15) is 18.7 Å². The van der Waals surface area contributed by atoms with Crippen LogP contribution in [0, 0.1) is 5.92 Å². The van der Waals surface area contributed by atoms with Crippen molar-refractivity contribution in [2.75, 3.05) is 13.1 Å². The Morgan fingerprint density at radius 2 is 1.38 bits per heavy atom. The van der Waals surface area contributed by atoms with E-state index >= 15 is 0 Å². The lowest BCUT2D eigenvalue weighted by molar-refractivity contribution is -0.128. The minimum Gasteiger partial charge on any atom is -0.445 e. The SMILES string of the molecule is CCCC[C@H](NC(=O)[C@H](CC(C)C)NC(=O)N(CCc1ccccc1)C[C@@H](O)[C@H](Cc1ccccc1)NC(=O)OCc1ccccc1)C(N)=O. The number of nitrogens with zero attached hydrogens (tertiary/aromatic N) is 1. The van der Waals surface area contributed by atoms with Crippen molar-refractivity contribution in [1.82, 2.24) is 20.9 Å². The van der Waals surface area contributed by atoms with Gasteiger partial charge in [0.25, 0.3) is 0 Å². The van der Waals surface area contributed by atoms with Crippen molar-refractivity contribution in [3.8, 4) is 0 Å². The number of ether oxygens (including phenoxy) is 1. The first kappa shape index (κ1) is 39.5. The molecule has 4 atom stereocenters. The molecule has 6 N–H and O–H groups in total. The second-order valence-electron chi connectivity index (χ2n) is 13.0.